The second kappa shape index (κ2) is 17.3. The molecule has 0 atom stereocenters. The molecule has 0 saturated heterocycles. The molecule has 1 heterocycles. The zero-order chi connectivity index (χ0) is 43.4. The molecule has 0 aliphatic carbocycles. The molecule has 10 aromatic carbocycles. The minimum absolute atomic E-state index is 0.802. The zero-order valence-electron chi connectivity index (χ0n) is 35.7. The van der Waals surface area contributed by atoms with Crippen molar-refractivity contribution in [3.05, 3.63) is 290 Å². The number of hydrogen-bond acceptors (Lipinski definition) is 4. The lowest BCUT2D eigenvalue weighted by Crippen LogP contribution is -2.38. The van der Waals surface area contributed by atoms with Crippen molar-refractivity contribution in [3.63, 3.8) is 0 Å². The van der Waals surface area contributed by atoms with Crippen LogP contribution in [0.15, 0.2) is 273 Å². The van der Waals surface area contributed by atoms with Crippen LogP contribution in [0.3, 0.4) is 0 Å². The van der Waals surface area contributed by atoms with Crippen LogP contribution in [0.25, 0.3) is 11.1 Å². The Kier molecular flexibility index (Phi) is 10.4. The molecule has 10 aromatic rings. The summed E-state index contributed by atoms with van der Waals surface area (Å²) in [6.07, 6.45) is 0. The van der Waals surface area contributed by atoms with Gasteiger partial charge in [0.15, 0.2) is 5.60 Å². The quantitative estimate of drug-likeness (QED) is 0.129. The molecular formula is C61H45N3O. The number of ether oxygens (including phenoxy) is 1. The van der Waals surface area contributed by atoms with E-state index in [4.69, 9.17) is 4.74 Å². The largest absolute Gasteiger partial charge is 0.472 e. The molecule has 1 aliphatic rings. The molecule has 65 heavy (non-hydrogen) atoms. The van der Waals surface area contributed by atoms with Gasteiger partial charge in [0, 0.05) is 79.5 Å². The number of anilines is 9. The van der Waals surface area contributed by atoms with Crippen LogP contribution in [-0.2, 0) is 5.60 Å². The highest BCUT2D eigenvalue weighted by Gasteiger charge is 2.45. The third-order valence-corrected chi connectivity index (χ3v) is 12.2. The second-order valence-electron chi connectivity index (χ2n) is 16.1. The van der Waals surface area contributed by atoms with Crippen LogP contribution < -0.4 is 19.4 Å². The van der Waals surface area contributed by atoms with Crippen molar-refractivity contribution in [1.82, 2.24) is 0 Å². The van der Waals surface area contributed by atoms with E-state index in [0.29, 0.717) is 0 Å². The molecular weight excluding hydrogens is 791 g/mol. The first-order chi connectivity index (χ1) is 32.2. The van der Waals surface area contributed by atoms with Gasteiger partial charge in [0.25, 0.3) is 0 Å². The lowest BCUT2D eigenvalue weighted by Gasteiger charge is -2.42. The Morgan fingerprint density at radius 1 is 0.246 bits per heavy atom. The van der Waals surface area contributed by atoms with Gasteiger partial charge in [-0.15, -0.1) is 0 Å². The molecule has 0 N–H and O–H groups in total. The minimum atomic E-state index is -1.03. The number of rotatable bonds is 11. The Labute approximate surface area is 381 Å². The van der Waals surface area contributed by atoms with Crippen LogP contribution in [0.4, 0.5) is 51.2 Å². The topological polar surface area (TPSA) is 19.0 Å². The SMILES string of the molecule is c1ccc(N(c2ccccc2)c2ccc(C3(c4ccc(N(c5ccccc5)c5ccccc5)cc4)Oc4cc(N(c5ccccc5)c5ccccc5)ccc4-c4ccccc43)cc2)cc1. The maximum atomic E-state index is 7.77. The molecule has 0 spiro atoms. The molecule has 0 amide bonds. The summed E-state index contributed by atoms with van der Waals surface area (Å²) in [6.45, 7) is 0. The van der Waals surface area contributed by atoms with Gasteiger partial charge in [-0.2, -0.15) is 0 Å². The summed E-state index contributed by atoms with van der Waals surface area (Å²) in [5, 5.41) is 0. The summed E-state index contributed by atoms with van der Waals surface area (Å²) < 4.78 is 7.77. The summed E-state index contributed by atoms with van der Waals surface area (Å²) in [5.74, 6) is 0.802. The van der Waals surface area contributed by atoms with Gasteiger partial charge in [-0.3, -0.25) is 0 Å². The van der Waals surface area contributed by atoms with Gasteiger partial charge in [0.1, 0.15) is 5.75 Å². The summed E-state index contributed by atoms with van der Waals surface area (Å²) in [4.78, 5) is 6.89. The molecule has 0 radical (unpaired) electrons. The van der Waals surface area contributed by atoms with Gasteiger partial charge in [-0.05, 0) is 115 Å². The molecule has 4 heteroatoms. The Morgan fingerprint density at radius 3 is 0.908 bits per heavy atom. The molecule has 0 saturated carbocycles. The van der Waals surface area contributed by atoms with Crippen LogP contribution >= 0.6 is 0 Å². The van der Waals surface area contributed by atoms with E-state index in [1.54, 1.807) is 0 Å². The van der Waals surface area contributed by atoms with Crippen molar-refractivity contribution in [2.75, 3.05) is 14.7 Å². The molecule has 0 fully saturated rings. The van der Waals surface area contributed by atoms with Gasteiger partial charge in [0.2, 0.25) is 0 Å². The fraction of sp³-hybridized carbons (Fsp3) is 0.0164. The fourth-order valence-corrected chi connectivity index (χ4v) is 9.29. The molecule has 0 bridgehead atoms. The van der Waals surface area contributed by atoms with Crippen molar-refractivity contribution >= 4 is 51.2 Å². The summed E-state index contributed by atoms with van der Waals surface area (Å²) in [7, 11) is 0. The number of fused-ring (bicyclic) bond motifs is 3. The first-order valence-corrected chi connectivity index (χ1v) is 22.1. The average Bonchev–Trinajstić information content (AvgIpc) is 3.39. The van der Waals surface area contributed by atoms with Crippen LogP contribution in [0, 0.1) is 0 Å². The zero-order valence-corrected chi connectivity index (χ0v) is 35.7. The van der Waals surface area contributed by atoms with Crippen molar-refractivity contribution < 1.29 is 4.74 Å². The van der Waals surface area contributed by atoms with Crippen LogP contribution in [0.1, 0.15) is 16.7 Å². The molecule has 0 unspecified atom stereocenters. The van der Waals surface area contributed by atoms with Gasteiger partial charge >= 0.3 is 0 Å². The Hall–Kier alpha value is -8.60. The minimum Gasteiger partial charge on any atom is -0.472 e. The summed E-state index contributed by atoms with van der Waals surface area (Å²) in [5.41, 5.74) is 13.8. The van der Waals surface area contributed by atoms with E-state index in [9.17, 15) is 0 Å². The normalized spacial score (nSPS) is 12.2. The van der Waals surface area contributed by atoms with E-state index >= 15 is 0 Å². The van der Waals surface area contributed by atoms with Crippen molar-refractivity contribution in [2.24, 2.45) is 0 Å². The van der Waals surface area contributed by atoms with Crippen molar-refractivity contribution in [1.29, 1.82) is 0 Å². The lowest BCUT2D eigenvalue weighted by atomic mass is 9.75. The van der Waals surface area contributed by atoms with Crippen LogP contribution in [0.5, 0.6) is 5.75 Å². The highest BCUT2D eigenvalue weighted by molar-refractivity contribution is 5.86. The van der Waals surface area contributed by atoms with E-state index in [0.717, 1.165) is 84.8 Å². The van der Waals surface area contributed by atoms with Crippen molar-refractivity contribution in [2.45, 2.75) is 5.60 Å². The highest BCUT2D eigenvalue weighted by atomic mass is 16.5. The first-order valence-electron chi connectivity index (χ1n) is 22.1. The number of benzene rings is 10. The predicted octanol–water partition coefficient (Wildman–Crippen LogP) is 16.4. The van der Waals surface area contributed by atoms with E-state index in [-0.39, 0.29) is 0 Å². The highest BCUT2D eigenvalue weighted by Crippen LogP contribution is 2.54. The number of para-hydroxylation sites is 6. The van der Waals surface area contributed by atoms with Gasteiger partial charge in [0.05, 0.1) is 0 Å². The van der Waals surface area contributed by atoms with Gasteiger partial charge in [-0.1, -0.05) is 158 Å². The Balaban J connectivity index is 1.10. The molecule has 0 aromatic heterocycles. The van der Waals surface area contributed by atoms with E-state index < -0.39 is 5.60 Å². The van der Waals surface area contributed by atoms with E-state index in [1.165, 1.54) is 0 Å². The fourth-order valence-electron chi connectivity index (χ4n) is 9.29. The van der Waals surface area contributed by atoms with Crippen LogP contribution in [0.2, 0.25) is 0 Å². The van der Waals surface area contributed by atoms with Crippen molar-refractivity contribution in [3.8, 4) is 16.9 Å². The smallest absolute Gasteiger partial charge is 0.185 e. The molecule has 1 aliphatic heterocycles. The number of hydrogen-bond donors (Lipinski definition) is 0. The van der Waals surface area contributed by atoms with E-state index in [1.807, 2.05) is 0 Å². The molecule has 310 valence electrons. The maximum Gasteiger partial charge on any atom is 0.185 e. The number of nitrogens with zero attached hydrogens (tertiary/aromatic N) is 3. The monoisotopic (exact) mass is 835 g/mol. The summed E-state index contributed by atoms with van der Waals surface area (Å²) >= 11 is 0. The first kappa shape index (κ1) is 39.3. The van der Waals surface area contributed by atoms with E-state index in [2.05, 4.69) is 288 Å². The third kappa shape index (κ3) is 7.37. The molecule has 11 rings (SSSR count). The standard InChI is InChI=1S/C61H45N3O/c1-7-21-48(22-8-1)62(49-23-9-2-10-24-49)54-39-35-46(36-40-54)61(47-37-41-55(42-38-47)63(50-25-11-3-12-26-50)51-27-13-4-14-28-51)59-34-20-19-33-57(59)58-44-43-56(45-60(58)65-61)64(52-29-15-5-16-30-52)53-31-17-6-18-32-53/h1-45H. The van der Waals surface area contributed by atoms with Gasteiger partial charge < -0.3 is 19.4 Å². The maximum absolute atomic E-state index is 7.77. The summed E-state index contributed by atoms with van der Waals surface area (Å²) in [6, 6.07) is 96.5. The Morgan fingerprint density at radius 2 is 0.538 bits per heavy atom. The van der Waals surface area contributed by atoms with Crippen LogP contribution in [-0.4, -0.2) is 0 Å². The Bertz CT molecular complexity index is 2900. The second-order valence-corrected chi connectivity index (χ2v) is 16.1. The third-order valence-electron chi connectivity index (χ3n) is 12.2. The van der Waals surface area contributed by atoms with Gasteiger partial charge in [-0.25, -0.2) is 0 Å². The molecule has 4 nitrogen and oxygen atoms in total. The average molecular weight is 836 g/mol. The lowest BCUT2D eigenvalue weighted by molar-refractivity contribution is 0.152. The predicted molar refractivity (Wildman–Crippen MR) is 269 cm³/mol.